The molecular formula is C11H14F3N3O3S. The van der Waals surface area contributed by atoms with Crippen LogP contribution in [0.1, 0.15) is 41.8 Å². The molecule has 1 rings (SSSR count). The van der Waals surface area contributed by atoms with E-state index in [-0.39, 0.29) is 5.69 Å². The first kappa shape index (κ1) is 17.2. The second kappa shape index (κ2) is 6.74. The van der Waals surface area contributed by atoms with Crippen LogP contribution in [0.5, 0.6) is 0 Å². The van der Waals surface area contributed by atoms with Crippen molar-refractivity contribution in [2.24, 2.45) is 0 Å². The molecule has 0 aliphatic heterocycles. The molecule has 2 unspecified atom stereocenters. The van der Waals surface area contributed by atoms with Crippen LogP contribution in [-0.4, -0.2) is 34.3 Å². The van der Waals surface area contributed by atoms with Crippen LogP contribution in [-0.2, 0) is 0 Å². The van der Waals surface area contributed by atoms with Gasteiger partial charge in [0.1, 0.15) is 5.01 Å². The van der Waals surface area contributed by atoms with Gasteiger partial charge in [0.25, 0.3) is 0 Å². The van der Waals surface area contributed by atoms with Gasteiger partial charge in [-0.25, -0.2) is 14.6 Å². The van der Waals surface area contributed by atoms with Crippen molar-refractivity contribution in [3.05, 3.63) is 16.1 Å². The van der Waals surface area contributed by atoms with Gasteiger partial charge in [-0.1, -0.05) is 0 Å². The number of hydrogen-bond donors (Lipinski definition) is 3. The number of carboxylic acid groups (broad SMARTS) is 1. The average Bonchev–Trinajstić information content (AvgIpc) is 2.74. The molecule has 1 aromatic rings. The molecule has 21 heavy (non-hydrogen) atoms. The molecule has 0 bridgehead atoms. The number of hydrogen-bond acceptors (Lipinski definition) is 4. The summed E-state index contributed by atoms with van der Waals surface area (Å²) in [6.45, 7) is 2.79. The fourth-order valence-electron chi connectivity index (χ4n) is 1.51. The summed E-state index contributed by atoms with van der Waals surface area (Å²) in [5, 5.41) is 15.0. The number of amides is 2. The number of carbonyl (C=O) groups excluding carboxylic acids is 1. The molecule has 118 valence electrons. The number of carbonyl (C=O) groups is 2. The summed E-state index contributed by atoms with van der Waals surface area (Å²) in [7, 11) is 0. The van der Waals surface area contributed by atoms with Crippen molar-refractivity contribution < 1.29 is 27.9 Å². The first-order chi connectivity index (χ1) is 9.58. The number of thiazole rings is 1. The molecule has 0 saturated heterocycles. The highest BCUT2D eigenvalue weighted by molar-refractivity contribution is 7.09. The lowest BCUT2D eigenvalue weighted by atomic mass is 10.2. The summed E-state index contributed by atoms with van der Waals surface area (Å²) in [4.78, 5) is 26.0. The molecule has 0 saturated carbocycles. The number of rotatable bonds is 5. The third-order valence-electron chi connectivity index (χ3n) is 2.37. The monoisotopic (exact) mass is 325 g/mol. The third-order valence-corrected chi connectivity index (χ3v) is 3.40. The Kier molecular flexibility index (Phi) is 5.53. The van der Waals surface area contributed by atoms with Crippen LogP contribution in [0.2, 0.25) is 0 Å². The van der Waals surface area contributed by atoms with E-state index in [0.717, 1.165) is 11.3 Å². The molecule has 0 radical (unpaired) electrons. The lowest BCUT2D eigenvalue weighted by Crippen LogP contribution is -2.43. The molecule has 10 heteroatoms. The molecule has 3 N–H and O–H groups in total. The van der Waals surface area contributed by atoms with Crippen LogP contribution in [0.15, 0.2) is 5.38 Å². The molecule has 6 nitrogen and oxygen atoms in total. The molecule has 0 aliphatic carbocycles. The standard InChI is InChI=1S/C11H14F3N3O3S/c1-5(3-11(12,13)14)15-10(20)16-6(2)8-17-7(4-21-8)9(18)19/h4-6H,3H2,1-2H3,(H,18,19)(H2,15,16,20). The minimum atomic E-state index is -4.36. The summed E-state index contributed by atoms with van der Waals surface area (Å²) in [6, 6.07) is -2.45. The number of alkyl halides is 3. The van der Waals surface area contributed by atoms with Gasteiger partial charge in [-0.15, -0.1) is 11.3 Å². The lowest BCUT2D eigenvalue weighted by molar-refractivity contribution is -0.138. The van der Waals surface area contributed by atoms with Gasteiger partial charge in [0.2, 0.25) is 0 Å². The first-order valence-corrected chi connectivity index (χ1v) is 6.79. The highest BCUT2D eigenvalue weighted by atomic mass is 32.1. The van der Waals surface area contributed by atoms with Crippen molar-refractivity contribution in [3.63, 3.8) is 0 Å². The summed E-state index contributed by atoms with van der Waals surface area (Å²) >= 11 is 1.04. The summed E-state index contributed by atoms with van der Waals surface area (Å²) in [5.41, 5.74) is -0.144. The molecule has 1 aromatic heterocycles. The third kappa shape index (κ3) is 5.98. The van der Waals surface area contributed by atoms with E-state index in [1.54, 1.807) is 6.92 Å². The molecule has 0 aliphatic rings. The minimum Gasteiger partial charge on any atom is -0.476 e. The first-order valence-electron chi connectivity index (χ1n) is 5.91. The van der Waals surface area contributed by atoms with E-state index < -0.39 is 36.7 Å². The Labute approximate surface area is 122 Å². The van der Waals surface area contributed by atoms with Crippen molar-refractivity contribution in [1.29, 1.82) is 0 Å². The molecular weight excluding hydrogens is 311 g/mol. The SMILES string of the molecule is CC(CC(F)(F)F)NC(=O)NC(C)c1nc(C(=O)O)cs1. The van der Waals surface area contributed by atoms with Gasteiger partial charge in [0.05, 0.1) is 12.5 Å². The van der Waals surface area contributed by atoms with Gasteiger partial charge >= 0.3 is 18.2 Å². The average molecular weight is 325 g/mol. The van der Waals surface area contributed by atoms with Crippen molar-refractivity contribution in [2.45, 2.75) is 38.5 Å². The van der Waals surface area contributed by atoms with Gasteiger partial charge in [-0.2, -0.15) is 13.2 Å². The smallest absolute Gasteiger partial charge is 0.391 e. The van der Waals surface area contributed by atoms with E-state index >= 15 is 0 Å². The topological polar surface area (TPSA) is 91.3 Å². The molecule has 0 spiro atoms. The van der Waals surface area contributed by atoms with Crippen LogP contribution < -0.4 is 10.6 Å². The van der Waals surface area contributed by atoms with Crippen molar-refractivity contribution in [1.82, 2.24) is 15.6 Å². The predicted octanol–water partition coefficient (Wildman–Crippen LogP) is 2.54. The molecule has 2 amide bonds. The molecule has 2 atom stereocenters. The van der Waals surface area contributed by atoms with Crippen molar-refractivity contribution in [2.75, 3.05) is 0 Å². The number of nitrogens with zero attached hydrogens (tertiary/aromatic N) is 1. The zero-order valence-electron chi connectivity index (χ0n) is 11.2. The Hall–Kier alpha value is -1.84. The van der Waals surface area contributed by atoms with Crippen molar-refractivity contribution >= 4 is 23.3 Å². The second-order valence-corrected chi connectivity index (χ2v) is 5.33. The van der Waals surface area contributed by atoms with E-state index in [9.17, 15) is 22.8 Å². The summed E-state index contributed by atoms with van der Waals surface area (Å²) in [5.74, 6) is -1.19. The zero-order chi connectivity index (χ0) is 16.2. The van der Waals surface area contributed by atoms with E-state index in [1.165, 1.54) is 12.3 Å². The zero-order valence-corrected chi connectivity index (χ0v) is 12.0. The Morgan fingerprint density at radius 2 is 2.00 bits per heavy atom. The summed E-state index contributed by atoms with van der Waals surface area (Å²) < 4.78 is 36.4. The van der Waals surface area contributed by atoms with Crippen LogP contribution >= 0.6 is 11.3 Å². The molecule has 1 heterocycles. The van der Waals surface area contributed by atoms with Crippen LogP contribution in [0, 0.1) is 0 Å². The maximum Gasteiger partial charge on any atom is 0.391 e. The Balaban J connectivity index is 2.51. The number of aromatic nitrogens is 1. The highest BCUT2D eigenvalue weighted by Gasteiger charge is 2.30. The van der Waals surface area contributed by atoms with Gasteiger partial charge < -0.3 is 15.7 Å². The summed E-state index contributed by atoms with van der Waals surface area (Å²) in [6.07, 6.45) is -5.49. The minimum absolute atomic E-state index is 0.144. The van der Waals surface area contributed by atoms with Gasteiger partial charge in [0, 0.05) is 11.4 Å². The fraction of sp³-hybridized carbons (Fsp3) is 0.545. The van der Waals surface area contributed by atoms with Crippen LogP contribution in [0.4, 0.5) is 18.0 Å². The Bertz CT molecular complexity index is 518. The number of carboxylic acids is 1. The number of aromatic carboxylic acids is 1. The second-order valence-electron chi connectivity index (χ2n) is 4.44. The Morgan fingerprint density at radius 1 is 1.38 bits per heavy atom. The van der Waals surface area contributed by atoms with E-state index in [0.29, 0.717) is 5.01 Å². The number of nitrogens with one attached hydrogen (secondary N) is 2. The van der Waals surface area contributed by atoms with E-state index in [1.807, 2.05) is 0 Å². The van der Waals surface area contributed by atoms with E-state index in [4.69, 9.17) is 5.11 Å². The normalized spacial score (nSPS) is 14.3. The lowest BCUT2D eigenvalue weighted by Gasteiger charge is -2.18. The number of halogens is 3. The molecule has 0 fully saturated rings. The fourth-order valence-corrected chi connectivity index (χ4v) is 2.31. The van der Waals surface area contributed by atoms with Gasteiger partial charge in [-0.05, 0) is 13.8 Å². The maximum absolute atomic E-state index is 12.1. The van der Waals surface area contributed by atoms with Crippen molar-refractivity contribution in [3.8, 4) is 0 Å². The van der Waals surface area contributed by atoms with Crippen LogP contribution in [0.3, 0.4) is 0 Å². The molecule has 0 aromatic carbocycles. The predicted molar refractivity (Wildman–Crippen MR) is 69.3 cm³/mol. The number of urea groups is 1. The van der Waals surface area contributed by atoms with Gasteiger partial charge in [-0.3, -0.25) is 0 Å². The maximum atomic E-state index is 12.1. The van der Waals surface area contributed by atoms with Crippen LogP contribution in [0.25, 0.3) is 0 Å². The van der Waals surface area contributed by atoms with Gasteiger partial charge in [0.15, 0.2) is 5.69 Å². The quantitative estimate of drug-likeness (QED) is 0.776. The Morgan fingerprint density at radius 3 is 2.48 bits per heavy atom. The largest absolute Gasteiger partial charge is 0.476 e. The highest BCUT2D eigenvalue weighted by Crippen LogP contribution is 2.21. The van der Waals surface area contributed by atoms with E-state index in [2.05, 4.69) is 15.6 Å².